The van der Waals surface area contributed by atoms with Crippen molar-refractivity contribution in [2.24, 2.45) is 0 Å². The number of benzene rings is 2. The monoisotopic (exact) mass is 397 g/mol. The Labute approximate surface area is 168 Å². The SMILES string of the molecule is CC[C@]1(c2ccccc2)NC(=O)N(CC(=O)Nc2cc(OC)ccc2OC)C1=O. The molecule has 29 heavy (non-hydrogen) atoms. The third-order valence-corrected chi connectivity index (χ3v) is 4.96. The molecule has 152 valence electrons. The zero-order valence-electron chi connectivity index (χ0n) is 16.5. The molecule has 2 aromatic carbocycles. The van der Waals surface area contributed by atoms with Gasteiger partial charge in [0.1, 0.15) is 23.6 Å². The van der Waals surface area contributed by atoms with Crippen LogP contribution >= 0.6 is 0 Å². The van der Waals surface area contributed by atoms with Crippen LogP contribution in [-0.4, -0.2) is 43.5 Å². The van der Waals surface area contributed by atoms with Crippen molar-refractivity contribution in [2.45, 2.75) is 18.9 Å². The molecule has 2 N–H and O–H groups in total. The molecule has 0 spiro atoms. The summed E-state index contributed by atoms with van der Waals surface area (Å²) in [5.41, 5.74) is -0.112. The Morgan fingerprint density at radius 2 is 1.83 bits per heavy atom. The van der Waals surface area contributed by atoms with Gasteiger partial charge in [-0.1, -0.05) is 37.3 Å². The van der Waals surface area contributed by atoms with Crippen molar-refractivity contribution in [1.82, 2.24) is 10.2 Å². The first kappa shape index (κ1) is 20.2. The quantitative estimate of drug-likeness (QED) is 0.700. The minimum Gasteiger partial charge on any atom is -0.497 e. The number of ether oxygens (including phenoxy) is 2. The van der Waals surface area contributed by atoms with Crippen LogP contribution in [0.15, 0.2) is 48.5 Å². The van der Waals surface area contributed by atoms with E-state index in [0.29, 0.717) is 29.2 Å². The number of urea groups is 1. The zero-order valence-corrected chi connectivity index (χ0v) is 16.5. The molecule has 8 heteroatoms. The molecule has 1 aliphatic heterocycles. The fourth-order valence-electron chi connectivity index (χ4n) is 3.38. The third kappa shape index (κ3) is 3.73. The number of imide groups is 1. The normalized spacial score (nSPS) is 18.4. The lowest BCUT2D eigenvalue weighted by atomic mass is 9.87. The van der Waals surface area contributed by atoms with Crippen LogP contribution < -0.4 is 20.1 Å². The molecule has 1 aliphatic rings. The molecule has 8 nitrogen and oxygen atoms in total. The van der Waals surface area contributed by atoms with E-state index < -0.39 is 29.9 Å². The maximum Gasteiger partial charge on any atom is 0.325 e. The number of hydrogen-bond donors (Lipinski definition) is 2. The van der Waals surface area contributed by atoms with Crippen molar-refractivity contribution in [3.8, 4) is 11.5 Å². The van der Waals surface area contributed by atoms with Gasteiger partial charge >= 0.3 is 6.03 Å². The van der Waals surface area contributed by atoms with Gasteiger partial charge in [0.15, 0.2) is 0 Å². The summed E-state index contributed by atoms with van der Waals surface area (Å²) in [4.78, 5) is 39.1. The Balaban J connectivity index is 1.79. The van der Waals surface area contributed by atoms with Crippen LogP contribution in [0.25, 0.3) is 0 Å². The van der Waals surface area contributed by atoms with E-state index >= 15 is 0 Å². The average molecular weight is 397 g/mol. The summed E-state index contributed by atoms with van der Waals surface area (Å²) in [6, 6.07) is 13.4. The minimum absolute atomic E-state index is 0.364. The van der Waals surface area contributed by atoms with Gasteiger partial charge in [0.2, 0.25) is 5.91 Å². The summed E-state index contributed by atoms with van der Waals surface area (Å²) in [5, 5.41) is 5.43. The Morgan fingerprint density at radius 3 is 2.45 bits per heavy atom. The van der Waals surface area contributed by atoms with Crippen LogP contribution in [0.4, 0.5) is 10.5 Å². The summed E-state index contributed by atoms with van der Waals surface area (Å²) in [7, 11) is 2.99. The van der Waals surface area contributed by atoms with E-state index in [4.69, 9.17) is 9.47 Å². The number of anilines is 1. The molecule has 4 amide bonds. The largest absolute Gasteiger partial charge is 0.497 e. The zero-order chi connectivity index (χ0) is 21.0. The number of carbonyl (C=O) groups is 3. The summed E-state index contributed by atoms with van der Waals surface area (Å²) in [6.45, 7) is 1.40. The smallest absolute Gasteiger partial charge is 0.325 e. The van der Waals surface area contributed by atoms with Gasteiger partial charge in [0.05, 0.1) is 19.9 Å². The highest BCUT2D eigenvalue weighted by Crippen LogP contribution is 2.33. The highest BCUT2D eigenvalue weighted by Gasteiger charge is 2.51. The van der Waals surface area contributed by atoms with Crippen LogP contribution in [0.2, 0.25) is 0 Å². The second-order valence-corrected chi connectivity index (χ2v) is 6.56. The van der Waals surface area contributed by atoms with E-state index in [1.54, 1.807) is 42.5 Å². The fourth-order valence-corrected chi connectivity index (χ4v) is 3.38. The van der Waals surface area contributed by atoms with E-state index in [1.165, 1.54) is 14.2 Å². The van der Waals surface area contributed by atoms with Crippen LogP contribution in [0.5, 0.6) is 11.5 Å². The molecule has 3 rings (SSSR count). The molecule has 1 fully saturated rings. The third-order valence-electron chi connectivity index (χ3n) is 4.96. The van der Waals surface area contributed by atoms with Gasteiger partial charge in [0, 0.05) is 6.07 Å². The Morgan fingerprint density at radius 1 is 1.10 bits per heavy atom. The number of carbonyl (C=O) groups excluding carboxylic acids is 3. The van der Waals surface area contributed by atoms with Crippen molar-refractivity contribution in [1.29, 1.82) is 0 Å². The standard InChI is InChI=1S/C21H23N3O5/c1-4-21(14-8-6-5-7-9-14)19(26)24(20(27)23-21)13-18(25)22-16-12-15(28-2)10-11-17(16)29-3/h5-12H,4,13H2,1-3H3,(H,22,25)(H,23,27)/t21-/m1/s1. The highest BCUT2D eigenvalue weighted by atomic mass is 16.5. The van der Waals surface area contributed by atoms with Crippen LogP contribution in [-0.2, 0) is 15.1 Å². The molecule has 2 aromatic rings. The molecule has 0 radical (unpaired) electrons. The summed E-state index contributed by atoms with van der Waals surface area (Å²) in [5.74, 6) is -0.0160. The summed E-state index contributed by atoms with van der Waals surface area (Å²) >= 11 is 0. The molecule has 0 saturated carbocycles. The second-order valence-electron chi connectivity index (χ2n) is 6.56. The maximum atomic E-state index is 13.1. The van der Waals surface area contributed by atoms with Crippen molar-refractivity contribution >= 4 is 23.5 Å². The van der Waals surface area contributed by atoms with Crippen LogP contribution in [0, 0.1) is 0 Å². The number of nitrogens with one attached hydrogen (secondary N) is 2. The van der Waals surface area contributed by atoms with Gasteiger partial charge in [-0.25, -0.2) is 4.79 Å². The van der Waals surface area contributed by atoms with Crippen molar-refractivity contribution in [3.05, 3.63) is 54.1 Å². The lowest BCUT2D eigenvalue weighted by Crippen LogP contribution is -2.44. The van der Waals surface area contributed by atoms with Crippen molar-refractivity contribution in [3.63, 3.8) is 0 Å². The van der Waals surface area contributed by atoms with E-state index in [-0.39, 0.29) is 0 Å². The first-order chi connectivity index (χ1) is 13.9. The van der Waals surface area contributed by atoms with Gasteiger partial charge in [-0.3, -0.25) is 14.5 Å². The molecule has 1 atom stereocenters. The van der Waals surface area contributed by atoms with Crippen molar-refractivity contribution in [2.75, 3.05) is 26.1 Å². The van der Waals surface area contributed by atoms with E-state index in [2.05, 4.69) is 10.6 Å². The second kappa shape index (κ2) is 8.22. The predicted octanol–water partition coefficient (Wildman–Crippen LogP) is 2.50. The van der Waals surface area contributed by atoms with E-state index in [0.717, 1.165) is 4.90 Å². The first-order valence-electron chi connectivity index (χ1n) is 9.16. The average Bonchev–Trinajstić information content (AvgIpc) is 2.99. The van der Waals surface area contributed by atoms with E-state index in [9.17, 15) is 14.4 Å². The van der Waals surface area contributed by atoms with Gasteiger partial charge in [0.25, 0.3) is 5.91 Å². The molecule has 0 bridgehead atoms. The minimum atomic E-state index is -1.17. The Bertz CT molecular complexity index is 931. The van der Waals surface area contributed by atoms with Crippen molar-refractivity contribution < 1.29 is 23.9 Å². The molecule has 0 aromatic heterocycles. The van der Waals surface area contributed by atoms with Crippen LogP contribution in [0.1, 0.15) is 18.9 Å². The molecular weight excluding hydrogens is 374 g/mol. The number of amides is 4. The molecule has 0 aliphatic carbocycles. The maximum absolute atomic E-state index is 13.1. The number of hydrogen-bond acceptors (Lipinski definition) is 5. The van der Waals surface area contributed by atoms with Gasteiger partial charge < -0.3 is 20.1 Å². The number of nitrogens with zero attached hydrogens (tertiary/aromatic N) is 1. The fraction of sp³-hybridized carbons (Fsp3) is 0.286. The van der Waals surface area contributed by atoms with Gasteiger partial charge in [-0.2, -0.15) is 0 Å². The molecular formula is C21H23N3O5. The number of rotatable bonds is 7. The summed E-state index contributed by atoms with van der Waals surface area (Å²) < 4.78 is 10.4. The van der Waals surface area contributed by atoms with Crippen LogP contribution in [0.3, 0.4) is 0 Å². The predicted molar refractivity (Wildman–Crippen MR) is 107 cm³/mol. The first-order valence-corrected chi connectivity index (χ1v) is 9.16. The Hall–Kier alpha value is -3.55. The lowest BCUT2D eigenvalue weighted by Gasteiger charge is -2.25. The number of methoxy groups -OCH3 is 2. The van der Waals surface area contributed by atoms with E-state index in [1.807, 2.05) is 13.0 Å². The Kier molecular flexibility index (Phi) is 5.72. The molecule has 0 unspecified atom stereocenters. The summed E-state index contributed by atoms with van der Waals surface area (Å²) in [6.07, 6.45) is 0.364. The lowest BCUT2D eigenvalue weighted by molar-refractivity contribution is -0.134. The molecule has 1 heterocycles. The highest BCUT2D eigenvalue weighted by molar-refractivity contribution is 6.10. The topological polar surface area (TPSA) is 97.0 Å². The van der Waals surface area contributed by atoms with Gasteiger partial charge in [-0.15, -0.1) is 0 Å². The van der Waals surface area contributed by atoms with Gasteiger partial charge in [-0.05, 0) is 24.1 Å². The molecule has 1 saturated heterocycles.